The second-order valence-electron chi connectivity index (χ2n) is 10.8. The van der Waals surface area contributed by atoms with Gasteiger partial charge in [0.2, 0.25) is 11.9 Å². The van der Waals surface area contributed by atoms with E-state index in [4.69, 9.17) is 24.2 Å². The van der Waals surface area contributed by atoms with Crippen LogP contribution in [0.2, 0.25) is 0 Å². The van der Waals surface area contributed by atoms with Crippen LogP contribution >= 0.6 is 0 Å². The molecule has 2 aliphatic heterocycles. The number of carbonyl (C=O) groups excluding carboxylic acids is 1. The van der Waals surface area contributed by atoms with Gasteiger partial charge in [0.1, 0.15) is 12.0 Å². The number of nitrogens with one attached hydrogen (secondary N) is 3. The normalized spacial score (nSPS) is 18.2. The molecular formula is C32H38N8O4. The quantitative estimate of drug-likeness (QED) is 0.192. The summed E-state index contributed by atoms with van der Waals surface area (Å²) in [5.41, 5.74) is 3.67. The number of anilines is 4. The lowest BCUT2D eigenvalue weighted by atomic mass is 10.1. The number of rotatable bonds is 12. The lowest BCUT2D eigenvalue weighted by Gasteiger charge is -2.30. The Morgan fingerprint density at radius 3 is 2.82 bits per heavy atom. The van der Waals surface area contributed by atoms with Crippen molar-refractivity contribution in [2.45, 2.75) is 38.0 Å². The zero-order valence-corrected chi connectivity index (χ0v) is 24.9. The maximum Gasteiger partial charge on any atom is 0.252 e. The topological polar surface area (TPSA) is 128 Å². The third-order valence-corrected chi connectivity index (χ3v) is 7.82. The standard InChI is InChI=1S/C32H38N8O4/c1-3-27(41)35-23-7-6-8-26(19-23)44-31-29-30(40(21-34-29)28-9-4-5-17-43-28)37-32(38-31)36-22-10-12-24(13-11-22)39(16-18-42-2)25-14-15-33-20-25/h3,6-8,10-13,19,21,25,28,33H,1,4-5,9,14-18,20H2,2H3,(H,35,41)(H,36,37,38). The Morgan fingerprint density at radius 1 is 1.18 bits per heavy atom. The summed E-state index contributed by atoms with van der Waals surface area (Å²) in [4.78, 5) is 28.4. The van der Waals surface area contributed by atoms with Gasteiger partial charge in [-0.3, -0.25) is 9.36 Å². The average Bonchev–Trinajstić information content (AvgIpc) is 3.74. The van der Waals surface area contributed by atoms with Crippen molar-refractivity contribution in [3.63, 3.8) is 0 Å². The Balaban J connectivity index is 1.30. The summed E-state index contributed by atoms with van der Waals surface area (Å²) < 4.78 is 19.6. The summed E-state index contributed by atoms with van der Waals surface area (Å²) in [7, 11) is 1.73. The number of imidazole rings is 1. The molecular weight excluding hydrogens is 560 g/mol. The van der Waals surface area contributed by atoms with Gasteiger partial charge in [0.15, 0.2) is 11.2 Å². The van der Waals surface area contributed by atoms with E-state index >= 15 is 0 Å². The van der Waals surface area contributed by atoms with Gasteiger partial charge >= 0.3 is 0 Å². The molecule has 0 radical (unpaired) electrons. The van der Waals surface area contributed by atoms with Crippen LogP contribution in [0.5, 0.6) is 11.6 Å². The van der Waals surface area contributed by atoms with Crippen molar-refractivity contribution in [2.75, 3.05) is 55.5 Å². The Kier molecular flexibility index (Phi) is 9.30. The molecule has 6 rings (SSSR count). The van der Waals surface area contributed by atoms with E-state index in [1.54, 1.807) is 37.7 Å². The summed E-state index contributed by atoms with van der Waals surface area (Å²) in [6.45, 7) is 7.67. The molecule has 0 bridgehead atoms. The zero-order chi connectivity index (χ0) is 30.3. The molecule has 0 aliphatic carbocycles. The summed E-state index contributed by atoms with van der Waals surface area (Å²) >= 11 is 0. The SMILES string of the molecule is C=CC(=O)Nc1cccc(Oc2nc(Nc3ccc(N(CCOC)C4CCNC4)cc3)nc3c2ncn3C2CCCCO2)c1. The largest absolute Gasteiger partial charge is 0.437 e. The Morgan fingerprint density at radius 2 is 2.07 bits per heavy atom. The smallest absolute Gasteiger partial charge is 0.252 e. The highest BCUT2D eigenvalue weighted by molar-refractivity contribution is 5.99. The van der Waals surface area contributed by atoms with Gasteiger partial charge in [0.05, 0.1) is 12.9 Å². The fraction of sp³-hybridized carbons (Fsp3) is 0.375. The first-order valence-corrected chi connectivity index (χ1v) is 15.0. The van der Waals surface area contributed by atoms with Gasteiger partial charge in [-0.2, -0.15) is 9.97 Å². The van der Waals surface area contributed by atoms with E-state index in [0.717, 1.165) is 56.7 Å². The van der Waals surface area contributed by atoms with Crippen molar-refractivity contribution in [1.82, 2.24) is 24.8 Å². The number of nitrogens with zero attached hydrogens (tertiary/aromatic N) is 5. The number of fused-ring (bicyclic) bond motifs is 1. The van der Waals surface area contributed by atoms with Gasteiger partial charge in [-0.1, -0.05) is 12.6 Å². The van der Waals surface area contributed by atoms with Gasteiger partial charge in [-0.05, 0) is 74.7 Å². The summed E-state index contributed by atoms with van der Waals surface area (Å²) in [5, 5.41) is 9.57. The number of benzene rings is 2. The number of hydrogen-bond donors (Lipinski definition) is 3. The highest BCUT2D eigenvalue weighted by Gasteiger charge is 2.24. The fourth-order valence-corrected chi connectivity index (χ4v) is 5.60. The minimum absolute atomic E-state index is 0.163. The molecule has 2 unspecified atom stereocenters. The first kappa shape index (κ1) is 29.5. The van der Waals surface area contributed by atoms with Crippen LogP contribution in [0.3, 0.4) is 0 Å². The molecule has 3 N–H and O–H groups in total. The molecule has 1 amide bonds. The number of hydrogen-bond acceptors (Lipinski definition) is 10. The van der Waals surface area contributed by atoms with Crippen LogP contribution in [-0.4, -0.2) is 71.4 Å². The van der Waals surface area contributed by atoms with Gasteiger partial charge < -0.3 is 35.1 Å². The van der Waals surface area contributed by atoms with Crippen LogP contribution < -0.4 is 25.6 Å². The summed E-state index contributed by atoms with van der Waals surface area (Å²) in [6, 6.07) is 15.8. The van der Waals surface area contributed by atoms with Crippen LogP contribution in [-0.2, 0) is 14.3 Å². The predicted molar refractivity (Wildman–Crippen MR) is 170 cm³/mol. The van der Waals surface area contributed by atoms with Crippen molar-refractivity contribution in [3.05, 3.63) is 67.5 Å². The maximum absolute atomic E-state index is 11.8. The van der Waals surface area contributed by atoms with Crippen LogP contribution in [0.15, 0.2) is 67.5 Å². The molecule has 2 aromatic heterocycles. The Hall–Kier alpha value is -4.52. The van der Waals surface area contributed by atoms with E-state index in [2.05, 4.69) is 44.5 Å². The lowest BCUT2D eigenvalue weighted by Crippen LogP contribution is -2.39. The number of ether oxygens (including phenoxy) is 3. The molecule has 12 heteroatoms. The van der Waals surface area contributed by atoms with Crippen molar-refractivity contribution >= 4 is 40.1 Å². The second-order valence-corrected chi connectivity index (χ2v) is 10.8. The number of carbonyl (C=O) groups is 1. The first-order valence-electron chi connectivity index (χ1n) is 15.0. The van der Waals surface area contributed by atoms with Crippen LogP contribution in [0.1, 0.15) is 31.9 Å². The summed E-state index contributed by atoms with van der Waals surface area (Å²) in [5.74, 6) is 0.834. The van der Waals surface area contributed by atoms with E-state index < -0.39 is 0 Å². The molecule has 4 heterocycles. The highest BCUT2D eigenvalue weighted by atomic mass is 16.5. The highest BCUT2D eigenvalue weighted by Crippen LogP contribution is 2.33. The van der Waals surface area contributed by atoms with Gasteiger partial charge in [-0.15, -0.1) is 0 Å². The van der Waals surface area contributed by atoms with Crippen molar-refractivity contribution < 1.29 is 19.0 Å². The van der Waals surface area contributed by atoms with Gasteiger partial charge in [0, 0.05) is 56.0 Å². The van der Waals surface area contributed by atoms with Gasteiger partial charge in [-0.25, -0.2) is 4.98 Å². The number of amides is 1. The Bertz CT molecular complexity index is 1580. The molecule has 4 aromatic rings. The van der Waals surface area contributed by atoms with E-state index in [0.29, 0.717) is 47.8 Å². The molecule has 2 saturated heterocycles. The number of aromatic nitrogens is 4. The Labute approximate surface area is 256 Å². The minimum atomic E-state index is -0.308. The molecule has 2 atom stereocenters. The van der Waals surface area contributed by atoms with E-state index in [1.165, 1.54) is 6.08 Å². The molecule has 12 nitrogen and oxygen atoms in total. The zero-order valence-electron chi connectivity index (χ0n) is 24.9. The third kappa shape index (κ3) is 6.83. The van der Waals surface area contributed by atoms with E-state index in [-0.39, 0.29) is 18.0 Å². The van der Waals surface area contributed by atoms with Crippen molar-refractivity contribution in [3.8, 4) is 11.6 Å². The molecule has 230 valence electrons. The molecule has 0 spiro atoms. The van der Waals surface area contributed by atoms with Crippen LogP contribution in [0, 0.1) is 0 Å². The molecule has 2 aliphatic rings. The van der Waals surface area contributed by atoms with Gasteiger partial charge in [0.25, 0.3) is 5.88 Å². The molecule has 0 saturated carbocycles. The average molecular weight is 599 g/mol. The summed E-state index contributed by atoms with van der Waals surface area (Å²) in [6.07, 6.45) is 6.86. The van der Waals surface area contributed by atoms with Crippen molar-refractivity contribution in [2.24, 2.45) is 0 Å². The van der Waals surface area contributed by atoms with Crippen molar-refractivity contribution in [1.29, 1.82) is 0 Å². The second kappa shape index (κ2) is 13.8. The monoisotopic (exact) mass is 598 g/mol. The maximum atomic E-state index is 11.8. The third-order valence-electron chi connectivity index (χ3n) is 7.82. The van der Waals surface area contributed by atoms with Crippen LogP contribution in [0.4, 0.5) is 23.0 Å². The first-order chi connectivity index (χ1) is 21.6. The molecule has 2 aromatic carbocycles. The fourth-order valence-electron chi connectivity index (χ4n) is 5.60. The molecule has 2 fully saturated rings. The van der Waals surface area contributed by atoms with E-state index in [9.17, 15) is 4.79 Å². The molecule has 44 heavy (non-hydrogen) atoms. The minimum Gasteiger partial charge on any atom is -0.437 e. The number of methoxy groups -OCH3 is 1. The predicted octanol–water partition coefficient (Wildman–Crippen LogP) is 5.00. The van der Waals surface area contributed by atoms with E-state index in [1.807, 2.05) is 16.7 Å². The van der Waals surface area contributed by atoms with Crippen LogP contribution in [0.25, 0.3) is 11.2 Å². The lowest BCUT2D eigenvalue weighted by molar-refractivity contribution is -0.111.